The summed E-state index contributed by atoms with van der Waals surface area (Å²) in [6.07, 6.45) is 1.74. The van der Waals surface area contributed by atoms with Crippen molar-refractivity contribution < 1.29 is 9.84 Å². The quantitative estimate of drug-likeness (QED) is 0.771. The van der Waals surface area contributed by atoms with Crippen LogP contribution >= 0.6 is 0 Å². The lowest BCUT2D eigenvalue weighted by atomic mass is 10.1. The van der Waals surface area contributed by atoms with Crippen molar-refractivity contribution in [3.8, 4) is 5.75 Å². The Bertz CT molecular complexity index is 485. The normalized spacial score (nSPS) is 10.6. The van der Waals surface area contributed by atoms with Gasteiger partial charge in [0.2, 0.25) is 0 Å². The van der Waals surface area contributed by atoms with E-state index in [1.54, 1.807) is 25.4 Å². The first-order valence-corrected chi connectivity index (χ1v) is 5.12. The lowest BCUT2D eigenvalue weighted by molar-refractivity contribution is 0.210. The van der Waals surface area contributed by atoms with E-state index in [2.05, 4.69) is 10.3 Å². The van der Waals surface area contributed by atoms with E-state index in [1.807, 2.05) is 12.1 Å². The van der Waals surface area contributed by atoms with Crippen molar-refractivity contribution in [1.82, 2.24) is 4.98 Å². The molecule has 0 radical (unpaired) electrons. The van der Waals surface area contributed by atoms with Gasteiger partial charge in [-0.15, -0.1) is 0 Å². The van der Waals surface area contributed by atoms with Gasteiger partial charge in [-0.2, -0.15) is 0 Å². The molecule has 0 aliphatic rings. The van der Waals surface area contributed by atoms with Crippen molar-refractivity contribution in [3.05, 3.63) is 30.5 Å². The molecule has 2 N–H and O–H groups in total. The number of rotatable bonds is 4. The van der Waals surface area contributed by atoms with Crippen LogP contribution in [0, 0.1) is 0 Å². The predicted molar refractivity (Wildman–Crippen MR) is 63.8 cm³/mol. The van der Waals surface area contributed by atoms with Gasteiger partial charge in [0.25, 0.3) is 0 Å². The van der Waals surface area contributed by atoms with E-state index in [1.165, 1.54) is 0 Å². The number of phenolic OH excluding ortho intramolecular Hbond substituents is 1. The molecule has 0 amide bonds. The molecule has 0 spiro atoms. The van der Waals surface area contributed by atoms with Gasteiger partial charge in [0.1, 0.15) is 11.6 Å². The van der Waals surface area contributed by atoms with E-state index >= 15 is 0 Å². The number of phenols is 1. The first-order chi connectivity index (χ1) is 7.81. The van der Waals surface area contributed by atoms with Gasteiger partial charge in [0.05, 0.1) is 6.61 Å². The topological polar surface area (TPSA) is 54.4 Å². The molecule has 0 aliphatic heterocycles. The van der Waals surface area contributed by atoms with Gasteiger partial charge < -0.3 is 15.2 Å². The number of methoxy groups -OCH3 is 1. The van der Waals surface area contributed by atoms with E-state index < -0.39 is 0 Å². The molecule has 84 valence electrons. The van der Waals surface area contributed by atoms with Crippen LogP contribution in [-0.4, -0.2) is 30.4 Å². The van der Waals surface area contributed by atoms with Crippen molar-refractivity contribution in [2.24, 2.45) is 0 Å². The number of nitrogens with one attached hydrogen (secondary N) is 1. The van der Waals surface area contributed by atoms with Crippen LogP contribution in [0.15, 0.2) is 30.5 Å². The third-order valence-electron chi connectivity index (χ3n) is 2.35. The summed E-state index contributed by atoms with van der Waals surface area (Å²) in [4.78, 5) is 4.24. The van der Waals surface area contributed by atoms with Crippen LogP contribution in [0.2, 0.25) is 0 Å². The summed E-state index contributed by atoms with van der Waals surface area (Å²) in [6.45, 7) is 1.31. The summed E-state index contributed by atoms with van der Waals surface area (Å²) in [5.74, 6) is 1.01. The van der Waals surface area contributed by atoms with E-state index in [0.717, 1.165) is 16.6 Å². The molecule has 1 heterocycles. The van der Waals surface area contributed by atoms with Gasteiger partial charge >= 0.3 is 0 Å². The summed E-state index contributed by atoms with van der Waals surface area (Å²) in [7, 11) is 1.66. The highest BCUT2D eigenvalue weighted by Crippen LogP contribution is 2.24. The van der Waals surface area contributed by atoms with E-state index in [0.29, 0.717) is 13.2 Å². The second kappa shape index (κ2) is 4.81. The predicted octanol–water partition coefficient (Wildman–Crippen LogP) is 2.00. The Labute approximate surface area is 93.9 Å². The Hall–Kier alpha value is -1.81. The highest BCUT2D eigenvalue weighted by atomic mass is 16.5. The molecule has 0 atom stereocenters. The van der Waals surface area contributed by atoms with Gasteiger partial charge in [-0.25, -0.2) is 4.98 Å². The average Bonchev–Trinajstić information content (AvgIpc) is 2.30. The molecule has 1 aromatic carbocycles. The van der Waals surface area contributed by atoms with Gasteiger partial charge in [0.15, 0.2) is 0 Å². The standard InChI is InChI=1S/C12H14N2O2/c1-16-7-6-14-12-11-8-10(15)3-2-9(11)4-5-13-12/h2-5,8,15H,6-7H2,1H3,(H,13,14). The van der Waals surface area contributed by atoms with E-state index in [-0.39, 0.29) is 5.75 Å². The minimum Gasteiger partial charge on any atom is -0.508 e. The third kappa shape index (κ3) is 2.23. The number of aromatic nitrogens is 1. The van der Waals surface area contributed by atoms with Crippen LogP contribution in [0.5, 0.6) is 5.75 Å². The van der Waals surface area contributed by atoms with Crippen LogP contribution in [0.1, 0.15) is 0 Å². The zero-order valence-electron chi connectivity index (χ0n) is 9.10. The number of hydrogen-bond acceptors (Lipinski definition) is 4. The lowest BCUT2D eigenvalue weighted by Crippen LogP contribution is -2.08. The SMILES string of the molecule is COCCNc1nccc2ccc(O)cc12. The summed E-state index contributed by atoms with van der Waals surface area (Å²) >= 11 is 0. The number of ether oxygens (including phenoxy) is 1. The van der Waals surface area contributed by atoms with Crippen LogP contribution < -0.4 is 5.32 Å². The molecular formula is C12H14N2O2. The molecule has 0 aliphatic carbocycles. The monoisotopic (exact) mass is 218 g/mol. The largest absolute Gasteiger partial charge is 0.508 e. The maximum absolute atomic E-state index is 9.45. The van der Waals surface area contributed by atoms with Gasteiger partial charge in [-0.3, -0.25) is 0 Å². The van der Waals surface area contributed by atoms with Crippen molar-refractivity contribution in [3.63, 3.8) is 0 Å². The Morgan fingerprint density at radius 1 is 1.38 bits per heavy atom. The Morgan fingerprint density at radius 3 is 3.06 bits per heavy atom. The maximum Gasteiger partial charge on any atom is 0.134 e. The minimum atomic E-state index is 0.246. The van der Waals surface area contributed by atoms with Crippen LogP contribution in [0.25, 0.3) is 10.8 Å². The number of fused-ring (bicyclic) bond motifs is 1. The second-order valence-electron chi connectivity index (χ2n) is 3.48. The summed E-state index contributed by atoms with van der Waals surface area (Å²) in [6, 6.07) is 7.16. The molecule has 0 unspecified atom stereocenters. The molecule has 16 heavy (non-hydrogen) atoms. The Kier molecular flexibility index (Phi) is 3.22. The molecule has 0 bridgehead atoms. The average molecular weight is 218 g/mol. The molecule has 4 heteroatoms. The van der Waals surface area contributed by atoms with Crippen LogP contribution in [0.4, 0.5) is 5.82 Å². The molecular weight excluding hydrogens is 204 g/mol. The minimum absolute atomic E-state index is 0.246. The van der Waals surface area contributed by atoms with Crippen molar-refractivity contribution in [2.75, 3.05) is 25.6 Å². The van der Waals surface area contributed by atoms with Crippen molar-refractivity contribution in [1.29, 1.82) is 0 Å². The molecule has 4 nitrogen and oxygen atoms in total. The van der Waals surface area contributed by atoms with Crippen LogP contribution in [0.3, 0.4) is 0 Å². The van der Waals surface area contributed by atoms with Crippen LogP contribution in [-0.2, 0) is 4.74 Å². The molecule has 0 saturated heterocycles. The van der Waals surface area contributed by atoms with Gasteiger partial charge in [-0.05, 0) is 23.6 Å². The molecule has 2 rings (SSSR count). The maximum atomic E-state index is 9.45. The summed E-state index contributed by atoms with van der Waals surface area (Å²) in [5, 5.41) is 14.6. The number of nitrogens with zero attached hydrogens (tertiary/aromatic N) is 1. The van der Waals surface area contributed by atoms with E-state index in [9.17, 15) is 5.11 Å². The number of benzene rings is 1. The van der Waals surface area contributed by atoms with Gasteiger partial charge in [0, 0.05) is 25.2 Å². The van der Waals surface area contributed by atoms with Crippen molar-refractivity contribution in [2.45, 2.75) is 0 Å². The Morgan fingerprint density at radius 2 is 2.25 bits per heavy atom. The zero-order chi connectivity index (χ0) is 11.4. The second-order valence-corrected chi connectivity index (χ2v) is 3.48. The number of pyridine rings is 1. The fourth-order valence-electron chi connectivity index (χ4n) is 1.57. The van der Waals surface area contributed by atoms with E-state index in [4.69, 9.17) is 4.74 Å². The fraction of sp³-hybridized carbons (Fsp3) is 0.250. The number of aromatic hydroxyl groups is 1. The smallest absolute Gasteiger partial charge is 0.134 e. The third-order valence-corrected chi connectivity index (χ3v) is 2.35. The number of hydrogen-bond donors (Lipinski definition) is 2. The first-order valence-electron chi connectivity index (χ1n) is 5.12. The summed E-state index contributed by atoms with van der Waals surface area (Å²) in [5.41, 5.74) is 0. The fourth-order valence-corrected chi connectivity index (χ4v) is 1.57. The highest BCUT2D eigenvalue weighted by Gasteiger charge is 2.02. The van der Waals surface area contributed by atoms with Crippen molar-refractivity contribution >= 4 is 16.6 Å². The zero-order valence-corrected chi connectivity index (χ0v) is 9.10. The lowest BCUT2D eigenvalue weighted by Gasteiger charge is -2.08. The highest BCUT2D eigenvalue weighted by molar-refractivity contribution is 5.92. The first kappa shape index (κ1) is 10.7. The molecule has 0 fully saturated rings. The summed E-state index contributed by atoms with van der Waals surface area (Å²) < 4.78 is 4.96. The molecule has 1 aromatic heterocycles. The number of anilines is 1. The Balaban J connectivity index is 2.32. The van der Waals surface area contributed by atoms with Gasteiger partial charge in [-0.1, -0.05) is 6.07 Å². The molecule has 2 aromatic rings. The molecule has 0 saturated carbocycles.